The molecular formula is C23H29N3O2S. The van der Waals surface area contributed by atoms with E-state index in [9.17, 15) is 4.79 Å². The fraction of sp³-hybridized carbons (Fsp3) is 0.348. The van der Waals surface area contributed by atoms with Crippen molar-refractivity contribution in [3.63, 3.8) is 0 Å². The molecule has 0 spiro atoms. The van der Waals surface area contributed by atoms with E-state index >= 15 is 0 Å². The molecule has 3 N–H and O–H groups in total. The number of amides is 1. The Hall–Kier alpha value is -2.28. The molecule has 1 atom stereocenters. The Morgan fingerprint density at radius 3 is 2.28 bits per heavy atom. The number of piperidine rings is 1. The first-order valence-electron chi connectivity index (χ1n) is 10.0. The minimum absolute atomic E-state index is 0.243. The number of carbonyl (C=O) groups is 1. The van der Waals surface area contributed by atoms with Crippen LogP contribution < -0.4 is 10.6 Å². The van der Waals surface area contributed by atoms with Gasteiger partial charge < -0.3 is 10.6 Å². The SMILES string of the molecule is N[C@@H]1CC=CCN(O)C1=O.Sc1ccc(N2CCC(c3ccccc3)CC2)cc1. The zero-order chi connectivity index (χ0) is 20.6. The lowest BCUT2D eigenvalue weighted by Gasteiger charge is -2.34. The summed E-state index contributed by atoms with van der Waals surface area (Å²) in [6.07, 6.45) is 6.50. The summed E-state index contributed by atoms with van der Waals surface area (Å²) in [5.74, 6) is 0.312. The number of benzene rings is 2. The number of hydroxylamine groups is 2. The molecule has 0 radical (unpaired) electrons. The van der Waals surface area contributed by atoms with Gasteiger partial charge in [-0.2, -0.15) is 0 Å². The van der Waals surface area contributed by atoms with Crippen molar-refractivity contribution in [2.45, 2.75) is 36.1 Å². The van der Waals surface area contributed by atoms with Gasteiger partial charge in [0.2, 0.25) is 0 Å². The summed E-state index contributed by atoms with van der Waals surface area (Å²) in [7, 11) is 0. The minimum Gasteiger partial charge on any atom is -0.371 e. The van der Waals surface area contributed by atoms with Crippen LogP contribution in [0.5, 0.6) is 0 Å². The highest BCUT2D eigenvalue weighted by atomic mass is 32.1. The highest BCUT2D eigenvalue weighted by Crippen LogP contribution is 2.30. The number of anilines is 1. The average molecular weight is 412 g/mol. The lowest BCUT2D eigenvalue weighted by molar-refractivity contribution is -0.163. The van der Waals surface area contributed by atoms with E-state index in [1.165, 1.54) is 24.1 Å². The van der Waals surface area contributed by atoms with Gasteiger partial charge in [0.15, 0.2) is 0 Å². The molecule has 0 aromatic heterocycles. The number of carbonyl (C=O) groups excluding carboxylic acids is 1. The van der Waals surface area contributed by atoms with Crippen molar-refractivity contribution < 1.29 is 10.0 Å². The molecule has 0 bridgehead atoms. The second-order valence-corrected chi connectivity index (χ2v) is 7.94. The lowest BCUT2D eigenvalue weighted by atomic mass is 9.89. The Balaban J connectivity index is 0.000000204. The molecule has 1 fully saturated rings. The van der Waals surface area contributed by atoms with Gasteiger partial charge in [-0.1, -0.05) is 42.5 Å². The van der Waals surface area contributed by atoms with Gasteiger partial charge in [0, 0.05) is 23.7 Å². The van der Waals surface area contributed by atoms with Crippen LogP contribution >= 0.6 is 12.6 Å². The number of rotatable bonds is 2. The first kappa shape index (κ1) is 21.4. The standard InChI is InChI=1S/C17H19NS.C6H10N2O2/c19-17-8-6-16(7-9-17)18-12-10-15(11-13-18)14-4-2-1-3-5-14;7-5-3-1-2-4-8(10)6(5)9/h1-9,15,19H,10-13H2;1-2,5,10H,3-4,7H2/t;5-/m.1/s1. The van der Waals surface area contributed by atoms with Gasteiger partial charge in [-0.05, 0) is 55.0 Å². The fourth-order valence-corrected chi connectivity index (χ4v) is 3.81. The molecule has 29 heavy (non-hydrogen) atoms. The van der Waals surface area contributed by atoms with E-state index in [-0.39, 0.29) is 6.54 Å². The van der Waals surface area contributed by atoms with Gasteiger partial charge in [0.1, 0.15) is 0 Å². The maximum Gasteiger partial charge on any atom is 0.263 e. The lowest BCUT2D eigenvalue weighted by Crippen LogP contribution is -2.40. The molecule has 0 saturated carbocycles. The van der Waals surface area contributed by atoms with E-state index < -0.39 is 11.9 Å². The summed E-state index contributed by atoms with van der Waals surface area (Å²) in [5.41, 5.74) is 8.18. The van der Waals surface area contributed by atoms with Crippen molar-refractivity contribution in [3.05, 3.63) is 72.3 Å². The van der Waals surface area contributed by atoms with Crippen LogP contribution in [0.3, 0.4) is 0 Å². The molecule has 2 aliphatic heterocycles. The van der Waals surface area contributed by atoms with Crippen molar-refractivity contribution in [1.29, 1.82) is 0 Å². The van der Waals surface area contributed by atoms with Crippen molar-refractivity contribution >= 4 is 24.2 Å². The normalized spacial score (nSPS) is 20.1. The molecular weight excluding hydrogens is 382 g/mol. The Morgan fingerprint density at radius 1 is 0.966 bits per heavy atom. The van der Waals surface area contributed by atoms with Crippen LogP contribution in [-0.2, 0) is 4.79 Å². The number of nitrogens with zero attached hydrogens (tertiary/aromatic N) is 2. The Kier molecular flexibility index (Phi) is 7.75. The average Bonchev–Trinajstić information content (AvgIpc) is 2.91. The third-order valence-electron chi connectivity index (χ3n) is 5.39. The number of nitrogens with two attached hydrogens (primary N) is 1. The molecule has 6 heteroatoms. The van der Waals surface area contributed by atoms with Gasteiger partial charge in [-0.25, -0.2) is 5.06 Å². The Bertz CT molecular complexity index is 787. The maximum absolute atomic E-state index is 10.9. The third kappa shape index (κ3) is 6.10. The third-order valence-corrected chi connectivity index (χ3v) is 5.69. The molecule has 2 aromatic carbocycles. The summed E-state index contributed by atoms with van der Waals surface area (Å²) in [4.78, 5) is 14.4. The molecule has 0 unspecified atom stereocenters. The van der Waals surface area contributed by atoms with Crippen LogP contribution in [0.1, 0.15) is 30.7 Å². The first-order valence-corrected chi connectivity index (χ1v) is 10.5. The molecule has 4 rings (SSSR count). The smallest absolute Gasteiger partial charge is 0.263 e. The van der Waals surface area contributed by atoms with Crippen molar-refractivity contribution in [2.75, 3.05) is 24.5 Å². The van der Waals surface area contributed by atoms with Crippen LogP contribution in [0.25, 0.3) is 0 Å². The highest BCUT2D eigenvalue weighted by Gasteiger charge is 2.20. The fourth-order valence-electron chi connectivity index (χ4n) is 3.66. The summed E-state index contributed by atoms with van der Waals surface area (Å²) < 4.78 is 0. The summed E-state index contributed by atoms with van der Waals surface area (Å²) in [6, 6.07) is 18.8. The molecule has 1 saturated heterocycles. The van der Waals surface area contributed by atoms with E-state index in [2.05, 4.69) is 72.1 Å². The summed E-state index contributed by atoms with van der Waals surface area (Å²) in [6.45, 7) is 2.53. The van der Waals surface area contributed by atoms with Gasteiger partial charge in [0.05, 0.1) is 12.6 Å². The van der Waals surface area contributed by atoms with E-state index in [0.29, 0.717) is 11.5 Å². The number of hydrogen-bond acceptors (Lipinski definition) is 5. The molecule has 154 valence electrons. The molecule has 5 nitrogen and oxygen atoms in total. The zero-order valence-electron chi connectivity index (χ0n) is 16.5. The second-order valence-electron chi connectivity index (χ2n) is 7.42. The van der Waals surface area contributed by atoms with Crippen LogP contribution in [0.15, 0.2) is 71.6 Å². The van der Waals surface area contributed by atoms with Crippen LogP contribution in [0.2, 0.25) is 0 Å². The predicted molar refractivity (Wildman–Crippen MR) is 120 cm³/mol. The highest BCUT2D eigenvalue weighted by molar-refractivity contribution is 7.80. The van der Waals surface area contributed by atoms with E-state index in [0.717, 1.165) is 23.9 Å². The van der Waals surface area contributed by atoms with Gasteiger partial charge in [-0.15, -0.1) is 12.6 Å². The van der Waals surface area contributed by atoms with Crippen LogP contribution in [-0.4, -0.2) is 41.9 Å². The van der Waals surface area contributed by atoms with Crippen molar-refractivity contribution in [3.8, 4) is 0 Å². The maximum atomic E-state index is 10.9. The molecule has 0 aliphatic carbocycles. The molecule has 1 amide bonds. The number of thiol groups is 1. The number of hydrogen-bond donors (Lipinski definition) is 3. The minimum atomic E-state index is -0.580. The summed E-state index contributed by atoms with van der Waals surface area (Å²) >= 11 is 4.34. The zero-order valence-corrected chi connectivity index (χ0v) is 17.4. The molecule has 2 aliphatic rings. The van der Waals surface area contributed by atoms with Crippen LogP contribution in [0, 0.1) is 0 Å². The van der Waals surface area contributed by atoms with E-state index in [4.69, 9.17) is 10.9 Å². The van der Waals surface area contributed by atoms with Gasteiger partial charge in [-0.3, -0.25) is 10.0 Å². The van der Waals surface area contributed by atoms with Crippen molar-refractivity contribution in [2.24, 2.45) is 5.73 Å². The quantitative estimate of drug-likeness (QED) is 0.399. The van der Waals surface area contributed by atoms with E-state index in [1.54, 1.807) is 12.2 Å². The Labute approximate surface area is 178 Å². The predicted octanol–water partition coefficient (Wildman–Crippen LogP) is 3.85. The molecule has 2 aromatic rings. The first-order chi connectivity index (χ1) is 14.0. The monoisotopic (exact) mass is 411 g/mol. The Morgan fingerprint density at radius 2 is 1.62 bits per heavy atom. The summed E-state index contributed by atoms with van der Waals surface area (Å²) in [5, 5.41) is 9.51. The van der Waals surface area contributed by atoms with Crippen molar-refractivity contribution in [1.82, 2.24) is 5.06 Å². The van der Waals surface area contributed by atoms with Gasteiger partial charge >= 0.3 is 0 Å². The second kappa shape index (κ2) is 10.5. The van der Waals surface area contributed by atoms with Gasteiger partial charge in [0.25, 0.3) is 5.91 Å². The largest absolute Gasteiger partial charge is 0.371 e. The topological polar surface area (TPSA) is 69.8 Å². The molecule has 2 heterocycles. The van der Waals surface area contributed by atoms with Crippen LogP contribution in [0.4, 0.5) is 5.69 Å². The van der Waals surface area contributed by atoms with E-state index in [1.807, 2.05) is 0 Å².